The van der Waals surface area contributed by atoms with Crippen molar-refractivity contribution in [3.8, 4) is 0 Å². The van der Waals surface area contributed by atoms with E-state index in [4.69, 9.17) is 4.74 Å². The number of rotatable bonds is 10. The first-order valence-corrected chi connectivity index (χ1v) is 11.6. The zero-order valence-corrected chi connectivity index (χ0v) is 19.8. The lowest BCUT2D eigenvalue weighted by Crippen LogP contribution is -2.70. The van der Waals surface area contributed by atoms with Crippen molar-refractivity contribution in [2.45, 2.75) is 110 Å². The number of esters is 1. The largest absolute Gasteiger partial charge is 0.465 e. The molecule has 2 rings (SSSR count). The van der Waals surface area contributed by atoms with Crippen LogP contribution in [0.1, 0.15) is 92.9 Å². The van der Waals surface area contributed by atoms with Crippen molar-refractivity contribution in [2.24, 2.45) is 0 Å². The molecule has 0 aromatic carbocycles. The van der Waals surface area contributed by atoms with Crippen LogP contribution in [0.15, 0.2) is 0 Å². The fourth-order valence-corrected chi connectivity index (χ4v) is 5.48. The Morgan fingerprint density at radius 2 is 1.53 bits per heavy atom. The van der Waals surface area contributed by atoms with E-state index in [1.165, 1.54) is 24.2 Å². The standard InChI is InChI=1S/C23H41N3O4/c1-7-9-10-11-12-13-14-25-19(28)23(24-20(25)29)16-21(3,4)26(22(5,6)17-23)15-18(27)30-8-2/h7-17H2,1-6H3,(H,24,29). The maximum absolute atomic E-state index is 13.4. The van der Waals surface area contributed by atoms with Crippen LogP contribution in [0.3, 0.4) is 0 Å². The third-order valence-electron chi connectivity index (χ3n) is 6.50. The quantitative estimate of drug-likeness (QED) is 0.328. The van der Waals surface area contributed by atoms with Crippen LogP contribution in [-0.2, 0) is 14.3 Å². The van der Waals surface area contributed by atoms with Gasteiger partial charge >= 0.3 is 12.0 Å². The molecule has 7 heteroatoms. The third-order valence-corrected chi connectivity index (χ3v) is 6.50. The average molecular weight is 424 g/mol. The number of imide groups is 1. The van der Waals surface area contributed by atoms with Crippen molar-refractivity contribution in [2.75, 3.05) is 19.7 Å². The number of hydrogen-bond donors (Lipinski definition) is 1. The molecule has 2 fully saturated rings. The van der Waals surface area contributed by atoms with Gasteiger partial charge in [0.05, 0.1) is 13.2 Å². The van der Waals surface area contributed by atoms with Gasteiger partial charge in [-0.05, 0) is 53.9 Å². The van der Waals surface area contributed by atoms with Crippen LogP contribution in [0.25, 0.3) is 0 Å². The molecule has 30 heavy (non-hydrogen) atoms. The normalized spacial score (nSPS) is 22.4. The highest BCUT2D eigenvalue weighted by Gasteiger charge is 2.61. The molecule has 2 aliphatic rings. The summed E-state index contributed by atoms with van der Waals surface area (Å²) in [7, 11) is 0. The second-order valence-corrected chi connectivity index (χ2v) is 10.1. The molecule has 0 bridgehead atoms. The second kappa shape index (κ2) is 9.67. The summed E-state index contributed by atoms with van der Waals surface area (Å²) in [4.78, 5) is 41.8. The topological polar surface area (TPSA) is 79.0 Å². The number of nitrogens with zero attached hydrogens (tertiary/aromatic N) is 2. The van der Waals surface area contributed by atoms with Crippen LogP contribution in [0.4, 0.5) is 4.79 Å². The molecule has 0 unspecified atom stereocenters. The van der Waals surface area contributed by atoms with Crippen LogP contribution in [0, 0.1) is 0 Å². The van der Waals surface area contributed by atoms with E-state index in [1.807, 2.05) is 27.7 Å². The molecule has 0 aliphatic carbocycles. The van der Waals surface area contributed by atoms with Gasteiger partial charge < -0.3 is 10.1 Å². The summed E-state index contributed by atoms with van der Waals surface area (Å²) in [6, 6.07) is -0.279. The summed E-state index contributed by atoms with van der Waals surface area (Å²) in [6.07, 6.45) is 7.62. The van der Waals surface area contributed by atoms with Gasteiger partial charge in [0, 0.05) is 17.6 Å². The molecule has 1 spiro atoms. The number of likely N-dealkylation sites (tertiary alicyclic amines) is 1. The summed E-state index contributed by atoms with van der Waals surface area (Å²) in [5.41, 5.74) is -1.81. The lowest BCUT2D eigenvalue weighted by molar-refractivity contribution is -0.155. The molecular weight excluding hydrogens is 382 g/mol. The molecule has 172 valence electrons. The van der Waals surface area contributed by atoms with Crippen LogP contribution in [0.2, 0.25) is 0 Å². The van der Waals surface area contributed by atoms with E-state index in [-0.39, 0.29) is 24.5 Å². The van der Waals surface area contributed by atoms with Gasteiger partial charge in [0.25, 0.3) is 5.91 Å². The van der Waals surface area contributed by atoms with E-state index in [0.29, 0.717) is 26.0 Å². The van der Waals surface area contributed by atoms with Crippen LogP contribution in [0.5, 0.6) is 0 Å². The summed E-state index contributed by atoms with van der Waals surface area (Å²) in [5, 5.41) is 3.04. The van der Waals surface area contributed by atoms with Gasteiger partial charge in [-0.25, -0.2) is 4.79 Å². The first-order valence-electron chi connectivity index (χ1n) is 11.6. The Morgan fingerprint density at radius 3 is 2.10 bits per heavy atom. The molecule has 0 radical (unpaired) electrons. The predicted molar refractivity (Wildman–Crippen MR) is 117 cm³/mol. The van der Waals surface area contributed by atoms with E-state index in [9.17, 15) is 14.4 Å². The molecule has 0 aromatic heterocycles. The monoisotopic (exact) mass is 423 g/mol. The minimum Gasteiger partial charge on any atom is -0.465 e. The number of piperidine rings is 1. The number of carbonyl (C=O) groups excluding carboxylic acids is 3. The van der Waals surface area contributed by atoms with E-state index >= 15 is 0 Å². The van der Waals surface area contributed by atoms with Gasteiger partial charge in [0.1, 0.15) is 5.54 Å². The summed E-state index contributed by atoms with van der Waals surface area (Å²) >= 11 is 0. The molecule has 1 N–H and O–H groups in total. The maximum atomic E-state index is 13.4. The second-order valence-electron chi connectivity index (χ2n) is 10.1. The summed E-state index contributed by atoms with van der Waals surface area (Å²) in [6.45, 7) is 13.1. The Labute approximate surface area is 181 Å². The Hall–Kier alpha value is -1.63. The van der Waals surface area contributed by atoms with Gasteiger partial charge in [-0.1, -0.05) is 39.0 Å². The average Bonchev–Trinajstić information content (AvgIpc) is 2.83. The molecular formula is C23H41N3O4. The zero-order chi connectivity index (χ0) is 22.6. The van der Waals surface area contributed by atoms with Crippen LogP contribution in [-0.4, -0.2) is 64.0 Å². The fraction of sp³-hybridized carbons (Fsp3) is 0.870. The number of carbonyl (C=O) groups is 3. The van der Waals surface area contributed by atoms with E-state index < -0.39 is 16.6 Å². The molecule has 2 aliphatic heterocycles. The SMILES string of the molecule is CCCCCCCCN1C(=O)NC2(CC(C)(C)N(CC(=O)OCC)C(C)(C)C2)C1=O. The number of amides is 3. The van der Waals surface area contributed by atoms with Crippen LogP contribution < -0.4 is 5.32 Å². The van der Waals surface area contributed by atoms with Crippen LogP contribution >= 0.6 is 0 Å². The van der Waals surface area contributed by atoms with Gasteiger partial charge in [0.15, 0.2) is 0 Å². The lowest BCUT2D eigenvalue weighted by atomic mass is 9.69. The van der Waals surface area contributed by atoms with Gasteiger partial charge in [0.2, 0.25) is 0 Å². The molecule has 0 saturated carbocycles. The highest BCUT2D eigenvalue weighted by Crippen LogP contribution is 2.45. The number of ether oxygens (including phenoxy) is 1. The molecule has 2 saturated heterocycles. The van der Waals surface area contributed by atoms with Crippen molar-refractivity contribution in [3.63, 3.8) is 0 Å². The first kappa shape index (κ1) is 24.6. The molecule has 7 nitrogen and oxygen atoms in total. The number of nitrogens with one attached hydrogen (secondary N) is 1. The smallest absolute Gasteiger partial charge is 0.325 e. The number of urea groups is 1. The number of hydrogen-bond acceptors (Lipinski definition) is 5. The Balaban J connectivity index is 2.08. The van der Waals surface area contributed by atoms with E-state index in [1.54, 1.807) is 6.92 Å². The lowest BCUT2D eigenvalue weighted by Gasteiger charge is -2.57. The van der Waals surface area contributed by atoms with Crippen molar-refractivity contribution >= 4 is 17.9 Å². The van der Waals surface area contributed by atoms with E-state index in [2.05, 4.69) is 17.1 Å². The third kappa shape index (κ3) is 5.34. The van der Waals surface area contributed by atoms with Gasteiger partial charge in [-0.15, -0.1) is 0 Å². The first-order chi connectivity index (χ1) is 14.0. The van der Waals surface area contributed by atoms with Crippen molar-refractivity contribution in [1.82, 2.24) is 15.1 Å². The van der Waals surface area contributed by atoms with Crippen molar-refractivity contribution < 1.29 is 19.1 Å². The number of unbranched alkanes of at least 4 members (excludes halogenated alkanes) is 5. The summed E-state index contributed by atoms with van der Waals surface area (Å²) < 4.78 is 5.16. The Bertz CT molecular complexity index is 626. The summed E-state index contributed by atoms with van der Waals surface area (Å²) in [5.74, 6) is -0.376. The highest BCUT2D eigenvalue weighted by molar-refractivity contribution is 6.07. The van der Waals surface area contributed by atoms with Crippen molar-refractivity contribution in [3.05, 3.63) is 0 Å². The molecule has 0 aromatic rings. The molecule has 2 heterocycles. The fourth-order valence-electron chi connectivity index (χ4n) is 5.48. The van der Waals surface area contributed by atoms with Gasteiger partial charge in [-0.2, -0.15) is 0 Å². The van der Waals surface area contributed by atoms with E-state index in [0.717, 1.165) is 19.3 Å². The maximum Gasteiger partial charge on any atom is 0.325 e. The highest BCUT2D eigenvalue weighted by atomic mass is 16.5. The predicted octanol–water partition coefficient (Wildman–Crippen LogP) is 3.85. The van der Waals surface area contributed by atoms with Crippen molar-refractivity contribution in [1.29, 1.82) is 0 Å². The molecule has 3 amide bonds. The van der Waals surface area contributed by atoms with Gasteiger partial charge in [-0.3, -0.25) is 19.4 Å². The minimum absolute atomic E-state index is 0.113. The minimum atomic E-state index is -0.905. The molecule has 0 atom stereocenters. The zero-order valence-electron chi connectivity index (χ0n) is 19.8. The Morgan fingerprint density at radius 1 is 0.967 bits per heavy atom. The Kier molecular flexibility index (Phi) is 7.94.